The average Bonchev–Trinajstić information content (AvgIpc) is 3.29. The van der Waals surface area contributed by atoms with Crippen LogP contribution in [-0.4, -0.2) is 30.3 Å². The molecule has 1 fully saturated rings. The second kappa shape index (κ2) is 7.59. The van der Waals surface area contributed by atoms with Crippen molar-refractivity contribution in [3.05, 3.63) is 35.9 Å². The first-order valence-electron chi connectivity index (χ1n) is 7.42. The molecule has 2 rings (SSSR count). The third-order valence-corrected chi connectivity index (χ3v) is 3.36. The minimum absolute atomic E-state index is 0.0308. The van der Waals surface area contributed by atoms with Crippen LogP contribution in [0.1, 0.15) is 37.8 Å². The Morgan fingerprint density at radius 1 is 1.14 bits per heavy atom. The summed E-state index contributed by atoms with van der Waals surface area (Å²) in [4.78, 5) is 34.8. The average molecular weight is 303 g/mol. The number of carbonyl (C=O) groups excluding carboxylic acids is 3. The maximum Gasteiger partial charge on any atom is 0.239 e. The van der Waals surface area contributed by atoms with Crippen LogP contribution < -0.4 is 16.0 Å². The van der Waals surface area contributed by atoms with Gasteiger partial charge in [-0.15, -0.1) is 0 Å². The number of carbonyl (C=O) groups is 3. The molecule has 0 bridgehead atoms. The van der Waals surface area contributed by atoms with Crippen molar-refractivity contribution in [3.63, 3.8) is 0 Å². The van der Waals surface area contributed by atoms with Gasteiger partial charge in [0.05, 0.1) is 19.0 Å². The van der Waals surface area contributed by atoms with Gasteiger partial charge in [0.15, 0.2) is 0 Å². The fourth-order valence-electron chi connectivity index (χ4n) is 2.13. The minimum Gasteiger partial charge on any atom is -0.352 e. The third kappa shape index (κ3) is 5.55. The molecule has 0 heterocycles. The zero-order valence-electron chi connectivity index (χ0n) is 12.6. The Kier molecular flexibility index (Phi) is 5.52. The number of hydrogen-bond donors (Lipinski definition) is 3. The van der Waals surface area contributed by atoms with Crippen molar-refractivity contribution >= 4 is 17.7 Å². The number of amides is 3. The number of nitrogens with one attached hydrogen (secondary N) is 3. The summed E-state index contributed by atoms with van der Waals surface area (Å²) in [6.07, 6.45) is 2.12. The molecule has 0 unspecified atom stereocenters. The Balaban J connectivity index is 1.84. The van der Waals surface area contributed by atoms with Gasteiger partial charge in [0.1, 0.15) is 0 Å². The molecular formula is C16H21N3O3. The maximum atomic E-state index is 12.0. The van der Waals surface area contributed by atoms with E-state index in [9.17, 15) is 14.4 Å². The highest BCUT2D eigenvalue weighted by Gasteiger charge is 2.23. The normalized spacial score (nSPS) is 14.8. The summed E-state index contributed by atoms with van der Waals surface area (Å²) in [7, 11) is 0. The van der Waals surface area contributed by atoms with Gasteiger partial charge in [-0.25, -0.2) is 0 Å². The zero-order valence-corrected chi connectivity index (χ0v) is 12.6. The Morgan fingerprint density at radius 3 is 2.41 bits per heavy atom. The molecule has 6 nitrogen and oxygen atoms in total. The van der Waals surface area contributed by atoms with Crippen molar-refractivity contribution in [2.75, 3.05) is 6.54 Å². The van der Waals surface area contributed by atoms with Crippen molar-refractivity contribution in [2.45, 2.75) is 38.3 Å². The molecule has 118 valence electrons. The van der Waals surface area contributed by atoms with Crippen molar-refractivity contribution in [3.8, 4) is 0 Å². The van der Waals surface area contributed by atoms with Gasteiger partial charge < -0.3 is 16.0 Å². The standard InChI is InChI=1S/C16H21N3O3/c1-11(20)18-14(12-5-3-2-4-6-12)9-15(21)17-10-16(22)19-13-7-8-13/h2-6,13-14H,7-10H2,1H3,(H,17,21)(H,18,20)(H,19,22)/t14-/m1/s1. The van der Waals surface area contributed by atoms with E-state index in [1.807, 2.05) is 30.3 Å². The van der Waals surface area contributed by atoms with Crippen LogP contribution in [0.25, 0.3) is 0 Å². The largest absolute Gasteiger partial charge is 0.352 e. The van der Waals surface area contributed by atoms with E-state index in [4.69, 9.17) is 0 Å². The first kappa shape index (κ1) is 16.0. The third-order valence-electron chi connectivity index (χ3n) is 3.36. The number of rotatable bonds is 7. The lowest BCUT2D eigenvalue weighted by atomic mass is 10.0. The molecule has 0 aliphatic heterocycles. The molecule has 0 spiro atoms. The van der Waals surface area contributed by atoms with E-state index in [1.165, 1.54) is 6.92 Å². The van der Waals surface area contributed by atoms with Crippen molar-refractivity contribution in [1.82, 2.24) is 16.0 Å². The minimum atomic E-state index is -0.398. The topological polar surface area (TPSA) is 87.3 Å². The lowest BCUT2D eigenvalue weighted by Gasteiger charge is -2.18. The molecule has 1 aliphatic carbocycles. The lowest BCUT2D eigenvalue weighted by Crippen LogP contribution is -2.39. The fraction of sp³-hybridized carbons (Fsp3) is 0.438. The first-order chi connectivity index (χ1) is 10.5. The summed E-state index contributed by atoms with van der Waals surface area (Å²) in [6.45, 7) is 1.38. The van der Waals surface area contributed by atoms with Crippen LogP contribution in [0.2, 0.25) is 0 Å². The van der Waals surface area contributed by atoms with Crippen LogP contribution in [0, 0.1) is 0 Å². The Morgan fingerprint density at radius 2 is 1.82 bits per heavy atom. The molecule has 0 radical (unpaired) electrons. The van der Waals surface area contributed by atoms with Crippen molar-refractivity contribution < 1.29 is 14.4 Å². The Hall–Kier alpha value is -2.37. The second-order valence-electron chi connectivity index (χ2n) is 5.49. The molecule has 0 saturated heterocycles. The maximum absolute atomic E-state index is 12.0. The SMILES string of the molecule is CC(=O)N[C@H](CC(=O)NCC(=O)NC1CC1)c1ccccc1. The number of benzene rings is 1. The van der Waals surface area contributed by atoms with E-state index in [1.54, 1.807) is 0 Å². The van der Waals surface area contributed by atoms with Crippen LogP contribution in [0.4, 0.5) is 0 Å². The van der Waals surface area contributed by atoms with Gasteiger partial charge in [0.25, 0.3) is 0 Å². The molecule has 22 heavy (non-hydrogen) atoms. The van der Waals surface area contributed by atoms with Crippen LogP contribution in [0.3, 0.4) is 0 Å². The van der Waals surface area contributed by atoms with E-state index in [0.717, 1.165) is 18.4 Å². The van der Waals surface area contributed by atoms with E-state index in [-0.39, 0.29) is 36.7 Å². The summed E-state index contributed by atoms with van der Waals surface area (Å²) in [5.74, 6) is -0.645. The van der Waals surface area contributed by atoms with Gasteiger partial charge in [-0.3, -0.25) is 14.4 Å². The molecule has 1 aromatic rings. The van der Waals surface area contributed by atoms with Crippen LogP contribution >= 0.6 is 0 Å². The van der Waals surface area contributed by atoms with Crippen LogP contribution in [0.15, 0.2) is 30.3 Å². The predicted molar refractivity (Wildman–Crippen MR) is 81.8 cm³/mol. The van der Waals surface area contributed by atoms with Crippen molar-refractivity contribution in [2.24, 2.45) is 0 Å². The smallest absolute Gasteiger partial charge is 0.239 e. The van der Waals surface area contributed by atoms with E-state index in [0.29, 0.717) is 0 Å². The quantitative estimate of drug-likeness (QED) is 0.691. The second-order valence-corrected chi connectivity index (χ2v) is 5.49. The number of hydrogen-bond acceptors (Lipinski definition) is 3. The van der Waals surface area contributed by atoms with Gasteiger partial charge >= 0.3 is 0 Å². The van der Waals surface area contributed by atoms with Gasteiger partial charge in [0.2, 0.25) is 17.7 Å². The van der Waals surface area contributed by atoms with Gasteiger partial charge in [-0.1, -0.05) is 30.3 Å². The molecule has 1 atom stereocenters. The lowest BCUT2D eigenvalue weighted by molar-refractivity contribution is -0.127. The summed E-state index contributed by atoms with van der Waals surface area (Å²) >= 11 is 0. The highest BCUT2D eigenvalue weighted by Crippen LogP contribution is 2.18. The summed E-state index contributed by atoms with van der Waals surface area (Å²) in [5, 5.41) is 8.15. The van der Waals surface area contributed by atoms with E-state index >= 15 is 0 Å². The fourth-order valence-corrected chi connectivity index (χ4v) is 2.13. The van der Waals surface area contributed by atoms with Gasteiger partial charge in [0, 0.05) is 13.0 Å². The molecular weight excluding hydrogens is 282 g/mol. The van der Waals surface area contributed by atoms with Gasteiger partial charge in [-0.2, -0.15) is 0 Å². The van der Waals surface area contributed by atoms with Crippen LogP contribution in [-0.2, 0) is 14.4 Å². The molecule has 0 aromatic heterocycles. The van der Waals surface area contributed by atoms with Crippen LogP contribution in [0.5, 0.6) is 0 Å². The molecule has 1 saturated carbocycles. The molecule has 1 aliphatic rings. The highest BCUT2D eigenvalue weighted by atomic mass is 16.2. The van der Waals surface area contributed by atoms with Crippen molar-refractivity contribution in [1.29, 1.82) is 0 Å². The summed E-state index contributed by atoms with van der Waals surface area (Å²) < 4.78 is 0. The summed E-state index contributed by atoms with van der Waals surface area (Å²) in [6, 6.07) is 9.17. The molecule has 6 heteroatoms. The first-order valence-corrected chi connectivity index (χ1v) is 7.42. The highest BCUT2D eigenvalue weighted by molar-refractivity contribution is 5.85. The molecule has 3 amide bonds. The monoisotopic (exact) mass is 303 g/mol. The van der Waals surface area contributed by atoms with Gasteiger partial charge in [-0.05, 0) is 18.4 Å². The Bertz CT molecular complexity index is 541. The zero-order chi connectivity index (χ0) is 15.9. The molecule has 3 N–H and O–H groups in total. The Labute approximate surface area is 129 Å². The predicted octanol–water partition coefficient (Wildman–Crippen LogP) is 0.649. The molecule has 1 aromatic carbocycles. The summed E-state index contributed by atoms with van der Waals surface area (Å²) in [5.41, 5.74) is 0.857. The van der Waals surface area contributed by atoms with E-state index < -0.39 is 6.04 Å². The van der Waals surface area contributed by atoms with E-state index in [2.05, 4.69) is 16.0 Å².